The van der Waals surface area contributed by atoms with Crippen LogP contribution in [-0.2, 0) is 11.3 Å². The lowest BCUT2D eigenvalue weighted by molar-refractivity contribution is -0.384. The number of rotatable bonds is 7. The van der Waals surface area contributed by atoms with E-state index in [2.05, 4.69) is 20.8 Å². The Morgan fingerprint density at radius 1 is 1.26 bits per heavy atom. The quantitative estimate of drug-likeness (QED) is 0.375. The molecule has 1 N–H and O–H groups in total. The van der Waals surface area contributed by atoms with Crippen molar-refractivity contribution in [3.63, 3.8) is 0 Å². The number of hydrogen-bond acceptors (Lipinski definition) is 7. The minimum Gasteiger partial charge on any atom is -0.323 e. The predicted molar refractivity (Wildman–Crippen MR) is 95.8 cm³/mol. The van der Waals surface area contributed by atoms with Crippen LogP contribution in [0.1, 0.15) is 5.56 Å². The van der Waals surface area contributed by atoms with Crippen molar-refractivity contribution >= 4 is 29.0 Å². The number of aromatic nitrogens is 4. The Labute approximate surface area is 156 Å². The molecule has 0 bridgehead atoms. The zero-order chi connectivity index (χ0) is 19.2. The molecular formula is C16H13FN6O3S. The lowest BCUT2D eigenvalue weighted by Gasteiger charge is -2.07. The molecule has 0 aliphatic heterocycles. The molecular weight excluding hydrogens is 375 g/mol. The van der Waals surface area contributed by atoms with Gasteiger partial charge in [-0.2, -0.15) is 0 Å². The molecule has 27 heavy (non-hydrogen) atoms. The third-order valence-electron chi connectivity index (χ3n) is 3.44. The molecule has 0 atom stereocenters. The van der Waals surface area contributed by atoms with Gasteiger partial charge in [-0.3, -0.25) is 14.9 Å². The molecule has 1 amide bonds. The summed E-state index contributed by atoms with van der Waals surface area (Å²) in [5.41, 5.74) is 0.430. The molecule has 0 spiro atoms. The van der Waals surface area contributed by atoms with E-state index in [4.69, 9.17) is 0 Å². The summed E-state index contributed by atoms with van der Waals surface area (Å²) in [6.45, 7) is 0.442. The summed E-state index contributed by atoms with van der Waals surface area (Å²) >= 11 is 1.08. The molecule has 0 saturated heterocycles. The highest BCUT2D eigenvalue weighted by Gasteiger charge is 2.15. The Hall–Kier alpha value is -3.34. The number of nitro groups is 1. The number of carbonyl (C=O) groups excluding carboxylic acids is 1. The number of thioether (sulfide) groups is 1. The molecule has 3 aromatic rings. The van der Waals surface area contributed by atoms with Crippen LogP contribution in [0, 0.1) is 15.9 Å². The van der Waals surface area contributed by atoms with E-state index >= 15 is 0 Å². The first-order chi connectivity index (χ1) is 13.0. The number of benzene rings is 2. The molecule has 0 fully saturated rings. The Morgan fingerprint density at radius 3 is 2.78 bits per heavy atom. The topological polar surface area (TPSA) is 116 Å². The van der Waals surface area contributed by atoms with Gasteiger partial charge in [0.1, 0.15) is 5.82 Å². The maximum atomic E-state index is 13.7. The van der Waals surface area contributed by atoms with E-state index in [1.165, 1.54) is 0 Å². The lowest BCUT2D eigenvalue weighted by Crippen LogP contribution is -2.16. The first-order valence-electron chi connectivity index (χ1n) is 7.69. The van der Waals surface area contributed by atoms with Crippen LogP contribution in [0.25, 0.3) is 0 Å². The normalized spacial score (nSPS) is 10.6. The highest BCUT2D eigenvalue weighted by molar-refractivity contribution is 7.99. The van der Waals surface area contributed by atoms with E-state index in [0.29, 0.717) is 11.7 Å². The minimum atomic E-state index is -0.757. The molecule has 3 rings (SSSR count). The summed E-state index contributed by atoms with van der Waals surface area (Å²) in [5, 5.41) is 24.9. The van der Waals surface area contributed by atoms with Crippen LogP contribution < -0.4 is 5.32 Å². The highest BCUT2D eigenvalue weighted by Crippen LogP contribution is 2.22. The molecule has 0 aliphatic rings. The molecule has 0 unspecified atom stereocenters. The smallest absolute Gasteiger partial charge is 0.271 e. The summed E-state index contributed by atoms with van der Waals surface area (Å²) in [7, 11) is 0. The van der Waals surface area contributed by atoms with Gasteiger partial charge in [0.05, 0.1) is 22.9 Å². The van der Waals surface area contributed by atoms with Crippen LogP contribution in [0.3, 0.4) is 0 Å². The Bertz CT molecular complexity index is 966. The van der Waals surface area contributed by atoms with Crippen LogP contribution in [0.4, 0.5) is 15.8 Å². The van der Waals surface area contributed by atoms with Gasteiger partial charge in [-0.25, -0.2) is 9.07 Å². The van der Waals surface area contributed by atoms with E-state index in [1.807, 2.05) is 30.3 Å². The van der Waals surface area contributed by atoms with Crippen molar-refractivity contribution in [3.8, 4) is 0 Å². The second-order valence-electron chi connectivity index (χ2n) is 5.36. The van der Waals surface area contributed by atoms with E-state index in [0.717, 1.165) is 35.5 Å². The van der Waals surface area contributed by atoms with Crippen molar-refractivity contribution in [1.29, 1.82) is 0 Å². The number of amides is 1. The second kappa shape index (κ2) is 8.36. The van der Waals surface area contributed by atoms with Crippen molar-refractivity contribution in [2.45, 2.75) is 11.7 Å². The Balaban J connectivity index is 1.61. The van der Waals surface area contributed by atoms with Gasteiger partial charge in [0.25, 0.3) is 5.69 Å². The van der Waals surface area contributed by atoms with Gasteiger partial charge in [-0.05, 0) is 22.1 Å². The van der Waals surface area contributed by atoms with Crippen molar-refractivity contribution in [3.05, 3.63) is 70.0 Å². The number of carbonyl (C=O) groups is 1. The maximum Gasteiger partial charge on any atom is 0.271 e. The van der Waals surface area contributed by atoms with E-state index < -0.39 is 16.6 Å². The number of tetrazole rings is 1. The number of nitrogens with zero attached hydrogens (tertiary/aromatic N) is 5. The Kier molecular flexibility index (Phi) is 5.71. The Morgan fingerprint density at radius 2 is 2.04 bits per heavy atom. The fourth-order valence-electron chi connectivity index (χ4n) is 2.19. The predicted octanol–water partition coefficient (Wildman–Crippen LogP) is 2.50. The fourth-order valence-corrected chi connectivity index (χ4v) is 2.87. The summed E-state index contributed by atoms with van der Waals surface area (Å²) in [6, 6.07) is 12.5. The minimum absolute atomic E-state index is 0.0860. The number of nitro benzene ring substituents is 1. The summed E-state index contributed by atoms with van der Waals surface area (Å²) in [5.74, 6) is -1.38. The number of non-ortho nitro benzene ring substituents is 1. The monoisotopic (exact) mass is 388 g/mol. The number of hydrogen-bond donors (Lipinski definition) is 1. The van der Waals surface area contributed by atoms with Gasteiger partial charge < -0.3 is 5.32 Å². The summed E-state index contributed by atoms with van der Waals surface area (Å²) < 4.78 is 15.3. The zero-order valence-electron chi connectivity index (χ0n) is 13.8. The van der Waals surface area contributed by atoms with Crippen LogP contribution >= 0.6 is 11.8 Å². The van der Waals surface area contributed by atoms with Crippen molar-refractivity contribution in [1.82, 2.24) is 20.2 Å². The first kappa shape index (κ1) is 18.5. The largest absolute Gasteiger partial charge is 0.323 e. The number of halogens is 1. The maximum absolute atomic E-state index is 13.7. The van der Waals surface area contributed by atoms with Crippen molar-refractivity contribution in [2.24, 2.45) is 0 Å². The van der Waals surface area contributed by atoms with E-state index in [9.17, 15) is 19.3 Å². The molecule has 1 aromatic heterocycles. The molecule has 0 aliphatic carbocycles. The molecule has 11 heteroatoms. The standard InChI is InChI=1S/C16H13FN6O3S/c17-13-7-6-12(23(25)26)8-14(13)18-15(24)10-27-16-19-20-21-22(16)9-11-4-2-1-3-5-11/h1-8H,9-10H2,(H,18,24). The molecule has 0 saturated carbocycles. The molecule has 9 nitrogen and oxygen atoms in total. The molecule has 1 heterocycles. The zero-order valence-corrected chi connectivity index (χ0v) is 14.6. The van der Waals surface area contributed by atoms with E-state index in [1.54, 1.807) is 4.68 Å². The van der Waals surface area contributed by atoms with Gasteiger partial charge in [0.15, 0.2) is 0 Å². The average molecular weight is 388 g/mol. The van der Waals surface area contributed by atoms with Crippen molar-refractivity contribution < 1.29 is 14.1 Å². The molecule has 0 radical (unpaired) electrons. The van der Waals surface area contributed by atoms with E-state index in [-0.39, 0.29) is 17.1 Å². The van der Waals surface area contributed by atoms with Crippen molar-refractivity contribution in [2.75, 3.05) is 11.1 Å². The first-order valence-corrected chi connectivity index (χ1v) is 8.68. The van der Waals surface area contributed by atoms with Gasteiger partial charge in [0.2, 0.25) is 11.1 Å². The van der Waals surface area contributed by atoms with Crippen LogP contribution in [0.15, 0.2) is 53.7 Å². The summed E-state index contributed by atoms with van der Waals surface area (Å²) in [4.78, 5) is 22.2. The lowest BCUT2D eigenvalue weighted by atomic mass is 10.2. The third kappa shape index (κ3) is 4.85. The highest BCUT2D eigenvalue weighted by atomic mass is 32.2. The fraction of sp³-hybridized carbons (Fsp3) is 0.125. The van der Waals surface area contributed by atoms with Gasteiger partial charge >= 0.3 is 0 Å². The molecule has 2 aromatic carbocycles. The van der Waals surface area contributed by atoms with Gasteiger partial charge in [-0.1, -0.05) is 42.1 Å². The second-order valence-corrected chi connectivity index (χ2v) is 6.31. The van der Waals surface area contributed by atoms with Crippen LogP contribution in [0.5, 0.6) is 0 Å². The van der Waals surface area contributed by atoms with Crippen LogP contribution in [0.2, 0.25) is 0 Å². The number of nitrogens with one attached hydrogen (secondary N) is 1. The SMILES string of the molecule is O=C(CSc1nnnn1Cc1ccccc1)Nc1cc([N+](=O)[O-])ccc1F. The van der Waals surface area contributed by atoms with Gasteiger partial charge in [0, 0.05) is 12.1 Å². The average Bonchev–Trinajstić information content (AvgIpc) is 3.09. The summed E-state index contributed by atoms with van der Waals surface area (Å²) in [6.07, 6.45) is 0. The number of anilines is 1. The van der Waals surface area contributed by atoms with Gasteiger partial charge in [-0.15, -0.1) is 5.10 Å². The molecule has 138 valence electrons. The third-order valence-corrected chi connectivity index (χ3v) is 4.40. The van der Waals surface area contributed by atoms with Crippen LogP contribution in [-0.4, -0.2) is 36.8 Å².